The summed E-state index contributed by atoms with van der Waals surface area (Å²) in [6.45, 7) is 5.30. The molecule has 4 aliphatic carbocycles. The molecule has 0 heterocycles. The van der Waals surface area contributed by atoms with Crippen LogP contribution in [0.2, 0.25) is 0 Å². The van der Waals surface area contributed by atoms with Gasteiger partial charge in [0.25, 0.3) is 0 Å². The number of fused-ring (bicyclic) bond motifs is 5. The monoisotopic (exact) mass is 334 g/mol. The van der Waals surface area contributed by atoms with Crippen molar-refractivity contribution in [2.75, 3.05) is 13.9 Å². The Hall–Kier alpha value is -0.380. The molecule has 0 aromatic carbocycles. The zero-order valence-corrected chi connectivity index (χ0v) is 15.6. The minimum Gasteiger partial charge on any atom is -0.393 e. The van der Waals surface area contributed by atoms with E-state index in [1.165, 1.54) is 32.1 Å². The van der Waals surface area contributed by atoms with E-state index in [-0.39, 0.29) is 11.5 Å². The van der Waals surface area contributed by atoms with Crippen molar-refractivity contribution in [1.82, 2.24) is 0 Å². The van der Waals surface area contributed by atoms with E-state index in [4.69, 9.17) is 9.47 Å². The number of hydrogen-bond donors (Lipinski definition) is 1. The molecular formula is C21H34O3. The average molecular weight is 335 g/mol. The zero-order chi connectivity index (χ0) is 16.9. The van der Waals surface area contributed by atoms with Gasteiger partial charge in [0.2, 0.25) is 0 Å². The topological polar surface area (TPSA) is 38.7 Å². The van der Waals surface area contributed by atoms with Crippen LogP contribution < -0.4 is 0 Å². The number of rotatable bonds is 3. The van der Waals surface area contributed by atoms with Gasteiger partial charge in [0.1, 0.15) is 6.79 Å². The second kappa shape index (κ2) is 6.10. The molecule has 1 N–H and O–H groups in total. The highest BCUT2D eigenvalue weighted by Gasteiger charge is 2.58. The van der Waals surface area contributed by atoms with Gasteiger partial charge < -0.3 is 14.6 Å². The maximum absolute atomic E-state index is 10.5. The van der Waals surface area contributed by atoms with Crippen LogP contribution in [0.25, 0.3) is 0 Å². The molecule has 0 amide bonds. The number of methoxy groups -OCH3 is 1. The van der Waals surface area contributed by atoms with Crippen LogP contribution in [0.3, 0.4) is 0 Å². The Morgan fingerprint density at radius 2 is 1.96 bits per heavy atom. The number of aliphatic hydroxyl groups excluding tert-OH is 1. The van der Waals surface area contributed by atoms with Gasteiger partial charge in [-0.25, -0.2) is 0 Å². The summed E-state index contributed by atoms with van der Waals surface area (Å²) in [6.07, 6.45) is 12.3. The van der Waals surface area contributed by atoms with Crippen LogP contribution in [-0.4, -0.2) is 31.2 Å². The van der Waals surface area contributed by atoms with Gasteiger partial charge in [0, 0.05) is 7.11 Å². The van der Waals surface area contributed by atoms with Crippen molar-refractivity contribution in [3.05, 3.63) is 11.6 Å². The first-order valence-electron chi connectivity index (χ1n) is 9.97. The molecular weight excluding hydrogens is 300 g/mol. The minimum atomic E-state index is -0.0696. The van der Waals surface area contributed by atoms with Crippen molar-refractivity contribution in [2.24, 2.45) is 28.6 Å². The van der Waals surface area contributed by atoms with Gasteiger partial charge in [-0.1, -0.05) is 25.5 Å². The van der Waals surface area contributed by atoms with Crippen molar-refractivity contribution in [3.8, 4) is 0 Å². The van der Waals surface area contributed by atoms with Gasteiger partial charge in [-0.3, -0.25) is 0 Å². The quantitative estimate of drug-likeness (QED) is 0.618. The fourth-order valence-corrected chi connectivity index (χ4v) is 6.91. The summed E-state index contributed by atoms with van der Waals surface area (Å²) in [6, 6.07) is 0. The Bertz CT molecular complexity index is 515. The largest absolute Gasteiger partial charge is 0.393 e. The van der Waals surface area contributed by atoms with Gasteiger partial charge >= 0.3 is 0 Å². The number of hydrogen-bond acceptors (Lipinski definition) is 3. The highest BCUT2D eigenvalue weighted by Crippen LogP contribution is 2.64. The summed E-state index contributed by atoms with van der Waals surface area (Å²) in [7, 11) is 1.70. The maximum atomic E-state index is 10.5. The predicted octanol–water partition coefficient (Wildman–Crippen LogP) is 4.30. The third-order valence-corrected chi connectivity index (χ3v) is 8.43. The predicted molar refractivity (Wildman–Crippen MR) is 94.5 cm³/mol. The molecule has 3 fully saturated rings. The smallest absolute Gasteiger partial charge is 0.146 e. The lowest BCUT2D eigenvalue weighted by atomic mass is 9.48. The van der Waals surface area contributed by atoms with Crippen LogP contribution in [0.1, 0.15) is 65.2 Å². The van der Waals surface area contributed by atoms with Crippen molar-refractivity contribution in [3.63, 3.8) is 0 Å². The summed E-state index contributed by atoms with van der Waals surface area (Å²) >= 11 is 0. The normalized spacial score (nSPS) is 50.7. The summed E-state index contributed by atoms with van der Waals surface area (Å²) in [4.78, 5) is 0. The van der Waals surface area contributed by atoms with Crippen LogP contribution in [0.5, 0.6) is 0 Å². The van der Waals surface area contributed by atoms with E-state index >= 15 is 0 Å². The first kappa shape index (κ1) is 17.1. The molecule has 3 heteroatoms. The Morgan fingerprint density at radius 3 is 2.75 bits per heavy atom. The Morgan fingerprint density at radius 1 is 1.12 bits per heavy atom. The first-order valence-corrected chi connectivity index (χ1v) is 9.97. The first-order chi connectivity index (χ1) is 11.5. The molecule has 0 aliphatic heterocycles. The second-order valence-corrected chi connectivity index (χ2v) is 9.34. The SMILES string of the molecule is COCOC1CC[C@@]2(C)C(=CC[C@@H]3[C@@H]2CC[C@]2(C)C(O)CC[C@@H]32)C1. The molecule has 0 radical (unpaired) electrons. The zero-order valence-electron chi connectivity index (χ0n) is 15.6. The molecule has 4 rings (SSSR count). The lowest BCUT2D eigenvalue weighted by molar-refractivity contribution is -0.101. The van der Waals surface area contributed by atoms with Crippen molar-refractivity contribution in [2.45, 2.75) is 77.4 Å². The van der Waals surface area contributed by atoms with Crippen LogP contribution in [0.15, 0.2) is 11.6 Å². The van der Waals surface area contributed by atoms with Crippen LogP contribution in [0.4, 0.5) is 0 Å². The molecule has 3 nitrogen and oxygen atoms in total. The van der Waals surface area contributed by atoms with E-state index in [2.05, 4.69) is 19.9 Å². The second-order valence-electron chi connectivity index (χ2n) is 9.34. The Labute approximate surface area is 146 Å². The minimum absolute atomic E-state index is 0.0696. The molecule has 4 aliphatic rings. The summed E-state index contributed by atoms with van der Waals surface area (Å²) in [5, 5.41) is 10.5. The van der Waals surface area contributed by atoms with E-state index in [9.17, 15) is 5.11 Å². The van der Waals surface area contributed by atoms with E-state index < -0.39 is 0 Å². The highest BCUT2D eigenvalue weighted by molar-refractivity contribution is 5.25. The molecule has 136 valence electrons. The fourth-order valence-electron chi connectivity index (χ4n) is 6.91. The Balaban J connectivity index is 1.55. The third kappa shape index (κ3) is 2.42. The number of allylic oxidation sites excluding steroid dienone is 1. The van der Waals surface area contributed by atoms with Gasteiger partial charge in [-0.2, -0.15) is 0 Å². The molecule has 7 atom stereocenters. The highest BCUT2D eigenvalue weighted by atomic mass is 16.7. The van der Waals surface area contributed by atoms with E-state index in [0.717, 1.165) is 37.0 Å². The molecule has 3 saturated carbocycles. The van der Waals surface area contributed by atoms with Crippen LogP contribution in [-0.2, 0) is 9.47 Å². The molecule has 24 heavy (non-hydrogen) atoms. The van der Waals surface area contributed by atoms with Gasteiger partial charge in [0.05, 0.1) is 12.2 Å². The third-order valence-electron chi connectivity index (χ3n) is 8.43. The van der Waals surface area contributed by atoms with Crippen molar-refractivity contribution >= 4 is 0 Å². The van der Waals surface area contributed by atoms with Gasteiger partial charge in [-0.15, -0.1) is 0 Å². The fraction of sp³-hybridized carbons (Fsp3) is 0.905. The average Bonchev–Trinajstić information content (AvgIpc) is 2.88. The molecule has 0 aromatic rings. The van der Waals surface area contributed by atoms with E-state index in [1.54, 1.807) is 12.7 Å². The Kier molecular flexibility index (Phi) is 4.34. The standard InChI is InChI=1S/C21H34O3/c1-20-10-8-15(24-13-23-3)12-14(20)4-5-16-17-6-7-19(22)21(17,2)11-9-18(16)20/h4,15-19,22H,5-13H2,1-3H3/t15?,16-,17-,18-,19?,20-,21-/m0/s1. The molecule has 0 aromatic heterocycles. The van der Waals surface area contributed by atoms with Crippen molar-refractivity contribution in [1.29, 1.82) is 0 Å². The lowest BCUT2D eigenvalue weighted by Crippen LogP contribution is -2.51. The molecule has 0 bridgehead atoms. The summed E-state index contributed by atoms with van der Waals surface area (Å²) in [5.41, 5.74) is 2.20. The maximum Gasteiger partial charge on any atom is 0.146 e. The lowest BCUT2D eigenvalue weighted by Gasteiger charge is -2.57. The molecule has 0 saturated heterocycles. The van der Waals surface area contributed by atoms with Crippen LogP contribution in [0, 0.1) is 28.6 Å². The molecule has 0 spiro atoms. The summed E-state index contributed by atoms with van der Waals surface area (Å²) < 4.78 is 11.0. The van der Waals surface area contributed by atoms with Gasteiger partial charge in [0.15, 0.2) is 0 Å². The van der Waals surface area contributed by atoms with Crippen molar-refractivity contribution < 1.29 is 14.6 Å². The van der Waals surface area contributed by atoms with E-state index in [0.29, 0.717) is 18.3 Å². The molecule has 2 unspecified atom stereocenters. The summed E-state index contributed by atoms with van der Waals surface area (Å²) in [5.74, 6) is 2.32. The number of aliphatic hydroxyl groups is 1. The van der Waals surface area contributed by atoms with Gasteiger partial charge in [-0.05, 0) is 80.0 Å². The van der Waals surface area contributed by atoms with Crippen LogP contribution >= 0.6 is 0 Å². The van der Waals surface area contributed by atoms with E-state index in [1.807, 2.05) is 0 Å². The number of ether oxygens (including phenoxy) is 2.